The zero-order valence-electron chi connectivity index (χ0n) is 13.2. The van der Waals surface area contributed by atoms with Gasteiger partial charge in [0.2, 0.25) is 5.95 Å². The molecule has 23 heavy (non-hydrogen) atoms. The molecular weight excluding hydrogens is 292 g/mol. The summed E-state index contributed by atoms with van der Waals surface area (Å²) in [5, 5.41) is 20.9. The predicted octanol–water partition coefficient (Wildman–Crippen LogP) is 1.77. The highest BCUT2D eigenvalue weighted by Gasteiger charge is 2.11. The Morgan fingerprint density at radius 3 is 2.70 bits per heavy atom. The predicted molar refractivity (Wildman–Crippen MR) is 90.2 cm³/mol. The minimum Gasteiger partial charge on any atom is -0.392 e. The fourth-order valence-electron chi connectivity index (χ4n) is 2.26. The van der Waals surface area contributed by atoms with Gasteiger partial charge in [-0.1, -0.05) is 30.3 Å². The molecule has 0 bridgehead atoms. The van der Waals surface area contributed by atoms with E-state index in [2.05, 4.69) is 37.8 Å². The molecule has 7 nitrogen and oxygen atoms in total. The van der Waals surface area contributed by atoms with Crippen molar-refractivity contribution in [1.29, 1.82) is 0 Å². The van der Waals surface area contributed by atoms with Crippen LogP contribution in [0.4, 0.5) is 11.8 Å². The average molecular weight is 312 g/mol. The van der Waals surface area contributed by atoms with Gasteiger partial charge in [-0.2, -0.15) is 15.1 Å². The van der Waals surface area contributed by atoms with Crippen LogP contribution in [0.5, 0.6) is 0 Å². The van der Waals surface area contributed by atoms with E-state index in [1.54, 1.807) is 17.8 Å². The van der Waals surface area contributed by atoms with Gasteiger partial charge >= 0.3 is 0 Å². The summed E-state index contributed by atoms with van der Waals surface area (Å²) >= 11 is 0. The molecule has 3 rings (SSSR count). The van der Waals surface area contributed by atoms with Crippen LogP contribution >= 0.6 is 0 Å². The van der Waals surface area contributed by atoms with Gasteiger partial charge in [0.15, 0.2) is 5.65 Å². The van der Waals surface area contributed by atoms with Gasteiger partial charge in [-0.3, -0.25) is 4.68 Å². The SMILES string of the molecule is C[C@H](O)CNc1nc(NCc2ccccc2)c2cnn(C)c2n1. The van der Waals surface area contributed by atoms with Crippen LogP contribution in [-0.2, 0) is 13.6 Å². The maximum absolute atomic E-state index is 9.41. The number of aromatic nitrogens is 4. The molecule has 0 aliphatic carbocycles. The highest BCUT2D eigenvalue weighted by molar-refractivity contribution is 5.87. The lowest BCUT2D eigenvalue weighted by molar-refractivity contribution is 0.208. The van der Waals surface area contributed by atoms with Crippen LogP contribution in [0, 0.1) is 0 Å². The zero-order valence-corrected chi connectivity index (χ0v) is 13.2. The van der Waals surface area contributed by atoms with Crippen molar-refractivity contribution in [2.75, 3.05) is 17.2 Å². The van der Waals surface area contributed by atoms with Crippen LogP contribution in [0.25, 0.3) is 11.0 Å². The van der Waals surface area contributed by atoms with Crippen molar-refractivity contribution in [3.63, 3.8) is 0 Å². The molecule has 2 aromatic heterocycles. The van der Waals surface area contributed by atoms with Crippen molar-refractivity contribution in [2.24, 2.45) is 7.05 Å². The summed E-state index contributed by atoms with van der Waals surface area (Å²) in [6.45, 7) is 2.77. The third kappa shape index (κ3) is 3.57. The summed E-state index contributed by atoms with van der Waals surface area (Å²) in [7, 11) is 1.84. The maximum atomic E-state index is 9.41. The van der Waals surface area contributed by atoms with Gasteiger partial charge in [-0.05, 0) is 12.5 Å². The zero-order chi connectivity index (χ0) is 16.2. The van der Waals surface area contributed by atoms with E-state index >= 15 is 0 Å². The van der Waals surface area contributed by atoms with E-state index in [1.807, 2.05) is 25.2 Å². The molecule has 0 saturated heterocycles. The Balaban J connectivity index is 1.87. The third-order valence-corrected chi connectivity index (χ3v) is 3.45. The largest absolute Gasteiger partial charge is 0.392 e. The lowest BCUT2D eigenvalue weighted by atomic mass is 10.2. The molecule has 0 fully saturated rings. The summed E-state index contributed by atoms with van der Waals surface area (Å²) in [4.78, 5) is 8.95. The third-order valence-electron chi connectivity index (χ3n) is 3.45. The molecule has 0 aliphatic heterocycles. The average Bonchev–Trinajstić information content (AvgIpc) is 2.93. The molecular formula is C16H20N6O. The minimum absolute atomic E-state index is 0.390. The van der Waals surface area contributed by atoms with Crippen LogP contribution in [0.2, 0.25) is 0 Å². The Labute approximate surface area is 134 Å². The second-order valence-electron chi connectivity index (χ2n) is 5.47. The fraction of sp³-hybridized carbons (Fsp3) is 0.312. The van der Waals surface area contributed by atoms with Crippen LogP contribution in [0.15, 0.2) is 36.5 Å². The molecule has 7 heteroatoms. The van der Waals surface area contributed by atoms with E-state index in [-0.39, 0.29) is 0 Å². The van der Waals surface area contributed by atoms with E-state index in [0.29, 0.717) is 19.0 Å². The number of anilines is 2. The molecule has 0 amide bonds. The number of nitrogens with zero attached hydrogens (tertiary/aromatic N) is 4. The van der Waals surface area contributed by atoms with Crippen LogP contribution in [-0.4, -0.2) is 37.5 Å². The van der Waals surface area contributed by atoms with Crippen molar-refractivity contribution in [3.05, 3.63) is 42.1 Å². The second kappa shape index (κ2) is 6.62. The number of fused-ring (bicyclic) bond motifs is 1. The molecule has 3 aromatic rings. The van der Waals surface area contributed by atoms with Crippen molar-refractivity contribution < 1.29 is 5.11 Å². The summed E-state index contributed by atoms with van der Waals surface area (Å²) in [6.07, 6.45) is 1.28. The van der Waals surface area contributed by atoms with Gasteiger partial charge in [-0.15, -0.1) is 0 Å². The number of nitrogens with one attached hydrogen (secondary N) is 2. The maximum Gasteiger partial charge on any atom is 0.226 e. The number of aliphatic hydroxyl groups excluding tert-OH is 1. The van der Waals surface area contributed by atoms with E-state index in [9.17, 15) is 5.11 Å². The first-order valence-corrected chi connectivity index (χ1v) is 7.53. The first-order chi connectivity index (χ1) is 11.1. The molecule has 0 spiro atoms. The number of aryl methyl sites for hydroxylation is 1. The molecule has 0 saturated carbocycles. The van der Waals surface area contributed by atoms with E-state index < -0.39 is 6.10 Å². The Hall–Kier alpha value is -2.67. The van der Waals surface area contributed by atoms with Crippen molar-refractivity contribution in [2.45, 2.75) is 19.6 Å². The van der Waals surface area contributed by atoms with Gasteiger partial charge < -0.3 is 15.7 Å². The quantitative estimate of drug-likeness (QED) is 0.643. The Bertz CT molecular complexity index is 784. The van der Waals surface area contributed by atoms with Crippen LogP contribution in [0.3, 0.4) is 0 Å². The number of rotatable bonds is 6. The van der Waals surface area contributed by atoms with Crippen LogP contribution < -0.4 is 10.6 Å². The van der Waals surface area contributed by atoms with Gasteiger partial charge in [0.05, 0.1) is 17.7 Å². The monoisotopic (exact) mass is 312 g/mol. The summed E-state index contributed by atoms with van der Waals surface area (Å²) < 4.78 is 1.71. The molecule has 0 aliphatic rings. The van der Waals surface area contributed by atoms with Gasteiger partial charge in [0.25, 0.3) is 0 Å². The number of hydrogen-bond acceptors (Lipinski definition) is 6. The van der Waals surface area contributed by atoms with Crippen molar-refractivity contribution in [3.8, 4) is 0 Å². The number of benzene rings is 1. The first-order valence-electron chi connectivity index (χ1n) is 7.53. The highest BCUT2D eigenvalue weighted by Crippen LogP contribution is 2.22. The standard InChI is InChI=1S/C16H20N6O/c1-11(23)8-18-16-20-14(13-10-19-22(2)15(13)21-16)17-9-12-6-4-3-5-7-12/h3-7,10-11,23H,8-9H2,1-2H3,(H2,17,18,20,21)/t11-/m0/s1. The molecule has 1 atom stereocenters. The normalized spacial score (nSPS) is 12.3. The summed E-state index contributed by atoms with van der Waals surface area (Å²) in [5.74, 6) is 1.19. The lowest BCUT2D eigenvalue weighted by Crippen LogP contribution is -2.17. The van der Waals surface area contributed by atoms with Gasteiger partial charge in [0.1, 0.15) is 5.82 Å². The molecule has 2 heterocycles. The lowest BCUT2D eigenvalue weighted by Gasteiger charge is -2.11. The highest BCUT2D eigenvalue weighted by atomic mass is 16.3. The topological polar surface area (TPSA) is 87.9 Å². The Morgan fingerprint density at radius 2 is 1.96 bits per heavy atom. The molecule has 120 valence electrons. The smallest absolute Gasteiger partial charge is 0.226 e. The van der Waals surface area contributed by atoms with E-state index in [4.69, 9.17) is 0 Å². The Kier molecular flexibility index (Phi) is 4.38. The summed E-state index contributed by atoms with van der Waals surface area (Å²) in [6, 6.07) is 10.1. The summed E-state index contributed by atoms with van der Waals surface area (Å²) in [5.41, 5.74) is 1.91. The van der Waals surface area contributed by atoms with Crippen molar-refractivity contribution >= 4 is 22.8 Å². The molecule has 1 aromatic carbocycles. The van der Waals surface area contributed by atoms with Crippen molar-refractivity contribution in [1.82, 2.24) is 19.7 Å². The molecule has 0 radical (unpaired) electrons. The second-order valence-corrected chi connectivity index (χ2v) is 5.47. The molecule has 0 unspecified atom stereocenters. The number of aliphatic hydroxyl groups is 1. The fourth-order valence-corrected chi connectivity index (χ4v) is 2.26. The minimum atomic E-state index is -0.471. The van der Waals surface area contributed by atoms with Crippen LogP contribution in [0.1, 0.15) is 12.5 Å². The van der Waals surface area contributed by atoms with E-state index in [0.717, 1.165) is 16.9 Å². The van der Waals surface area contributed by atoms with Gasteiger partial charge in [-0.25, -0.2) is 0 Å². The van der Waals surface area contributed by atoms with Gasteiger partial charge in [0, 0.05) is 20.1 Å². The molecule has 3 N–H and O–H groups in total. The first kappa shape index (κ1) is 15.2. The Morgan fingerprint density at radius 1 is 1.17 bits per heavy atom. The number of hydrogen-bond donors (Lipinski definition) is 3. The van der Waals surface area contributed by atoms with E-state index in [1.165, 1.54) is 5.56 Å².